The average molecular weight is 247 g/mol. The highest BCUT2D eigenvalue weighted by Gasteiger charge is 2.46. The molecule has 0 aromatic heterocycles. The van der Waals surface area contributed by atoms with Gasteiger partial charge in [-0.3, -0.25) is 9.63 Å². The van der Waals surface area contributed by atoms with Crippen molar-refractivity contribution in [3.05, 3.63) is 29.3 Å². The van der Waals surface area contributed by atoms with E-state index in [2.05, 4.69) is 6.07 Å². The topological polar surface area (TPSA) is 38.8 Å². The van der Waals surface area contributed by atoms with Crippen LogP contribution < -0.4 is 4.74 Å². The molecule has 0 radical (unpaired) electrons. The first kappa shape index (κ1) is 11.5. The molecule has 1 aliphatic heterocycles. The fraction of sp³-hybridized carbons (Fsp3) is 0.500. The van der Waals surface area contributed by atoms with E-state index in [0.29, 0.717) is 5.92 Å². The summed E-state index contributed by atoms with van der Waals surface area (Å²) in [6.07, 6.45) is 1.88. The first-order valence-corrected chi connectivity index (χ1v) is 6.28. The molecule has 0 spiro atoms. The lowest BCUT2D eigenvalue weighted by Crippen LogP contribution is -2.27. The maximum Gasteiger partial charge on any atom is 0.249 e. The van der Waals surface area contributed by atoms with E-state index in [1.807, 2.05) is 12.1 Å². The molecule has 0 N–H and O–H groups in total. The highest BCUT2D eigenvalue weighted by atomic mass is 16.7. The molecule has 1 saturated carbocycles. The molecule has 1 aromatic rings. The molecule has 18 heavy (non-hydrogen) atoms. The molecule has 2 unspecified atom stereocenters. The summed E-state index contributed by atoms with van der Waals surface area (Å²) in [5.74, 6) is 1.47. The van der Waals surface area contributed by atoms with Crippen LogP contribution in [0.2, 0.25) is 0 Å². The number of rotatable bonds is 3. The lowest BCUT2D eigenvalue weighted by molar-refractivity contribution is -0.170. The van der Waals surface area contributed by atoms with Crippen LogP contribution in [0.1, 0.15) is 23.5 Å². The van der Waals surface area contributed by atoms with E-state index in [0.717, 1.165) is 25.2 Å². The van der Waals surface area contributed by atoms with Crippen LogP contribution >= 0.6 is 0 Å². The summed E-state index contributed by atoms with van der Waals surface area (Å²) in [7, 11) is 3.18. The van der Waals surface area contributed by atoms with E-state index in [1.54, 1.807) is 7.05 Å². The van der Waals surface area contributed by atoms with E-state index in [4.69, 9.17) is 9.57 Å². The van der Waals surface area contributed by atoms with Gasteiger partial charge in [0, 0.05) is 24.9 Å². The van der Waals surface area contributed by atoms with Gasteiger partial charge in [-0.1, -0.05) is 12.1 Å². The molecule has 2 aliphatic rings. The molecule has 2 atom stereocenters. The van der Waals surface area contributed by atoms with Gasteiger partial charge in [0.05, 0.1) is 13.7 Å². The molecule has 4 nitrogen and oxygen atoms in total. The second-order valence-corrected chi connectivity index (χ2v) is 4.89. The smallest absolute Gasteiger partial charge is 0.249 e. The molecule has 1 heterocycles. The van der Waals surface area contributed by atoms with Gasteiger partial charge < -0.3 is 4.74 Å². The second kappa shape index (κ2) is 4.28. The van der Waals surface area contributed by atoms with Crippen molar-refractivity contribution in [3.8, 4) is 5.75 Å². The van der Waals surface area contributed by atoms with Crippen molar-refractivity contribution in [2.45, 2.75) is 18.8 Å². The first-order valence-electron chi connectivity index (χ1n) is 6.28. The van der Waals surface area contributed by atoms with Crippen molar-refractivity contribution >= 4 is 5.91 Å². The van der Waals surface area contributed by atoms with Crippen LogP contribution in [-0.4, -0.2) is 31.7 Å². The number of hydrogen-bond donors (Lipinski definition) is 0. The molecule has 1 fully saturated rings. The van der Waals surface area contributed by atoms with Crippen LogP contribution in [0.4, 0.5) is 0 Å². The van der Waals surface area contributed by atoms with Crippen LogP contribution in [0.15, 0.2) is 18.2 Å². The summed E-state index contributed by atoms with van der Waals surface area (Å²) in [4.78, 5) is 16.9. The minimum Gasteiger partial charge on any atom is -0.493 e. The predicted octanol–water partition coefficient (Wildman–Crippen LogP) is 1.74. The average Bonchev–Trinajstić information content (AvgIpc) is 3.04. The Hall–Kier alpha value is -1.55. The fourth-order valence-electron chi connectivity index (χ4n) is 2.73. The zero-order chi connectivity index (χ0) is 12.7. The molecular formula is C14H17NO3. The minimum atomic E-state index is 0.0685. The molecule has 0 saturated heterocycles. The summed E-state index contributed by atoms with van der Waals surface area (Å²) >= 11 is 0. The maximum atomic E-state index is 12.0. The largest absolute Gasteiger partial charge is 0.493 e. The van der Waals surface area contributed by atoms with Gasteiger partial charge in [-0.2, -0.15) is 0 Å². The normalized spacial score (nSPS) is 24.3. The van der Waals surface area contributed by atoms with E-state index >= 15 is 0 Å². The Morgan fingerprint density at radius 1 is 1.50 bits per heavy atom. The van der Waals surface area contributed by atoms with Crippen LogP contribution in [0.25, 0.3) is 0 Å². The number of benzene rings is 1. The SMILES string of the molecule is CON(C)C(=O)C1CC1c1cccc2c1CCO2. The predicted molar refractivity (Wildman–Crippen MR) is 66.3 cm³/mol. The summed E-state index contributed by atoms with van der Waals surface area (Å²) in [6, 6.07) is 6.14. The van der Waals surface area contributed by atoms with Gasteiger partial charge in [0.1, 0.15) is 5.75 Å². The second-order valence-electron chi connectivity index (χ2n) is 4.89. The highest BCUT2D eigenvalue weighted by Crippen LogP contribution is 2.51. The van der Waals surface area contributed by atoms with Gasteiger partial charge in [-0.15, -0.1) is 0 Å². The maximum absolute atomic E-state index is 12.0. The van der Waals surface area contributed by atoms with Crippen LogP contribution in [0.3, 0.4) is 0 Å². The van der Waals surface area contributed by atoms with Gasteiger partial charge >= 0.3 is 0 Å². The Balaban J connectivity index is 1.79. The summed E-state index contributed by atoms with van der Waals surface area (Å²) in [5, 5.41) is 1.32. The fourth-order valence-corrected chi connectivity index (χ4v) is 2.73. The summed E-state index contributed by atoms with van der Waals surface area (Å²) in [5.41, 5.74) is 2.57. The van der Waals surface area contributed by atoms with Crippen molar-refractivity contribution in [3.63, 3.8) is 0 Å². The molecular weight excluding hydrogens is 230 g/mol. The van der Waals surface area contributed by atoms with Gasteiger partial charge in [0.15, 0.2) is 0 Å². The number of carbonyl (C=O) groups excluding carboxylic acids is 1. The Bertz CT molecular complexity index is 486. The molecule has 3 rings (SSSR count). The van der Waals surface area contributed by atoms with Gasteiger partial charge in [0.25, 0.3) is 0 Å². The number of hydrogen-bond acceptors (Lipinski definition) is 3. The lowest BCUT2D eigenvalue weighted by Gasteiger charge is -2.13. The van der Waals surface area contributed by atoms with Crippen molar-refractivity contribution in [2.75, 3.05) is 20.8 Å². The van der Waals surface area contributed by atoms with E-state index in [-0.39, 0.29) is 11.8 Å². The van der Waals surface area contributed by atoms with Gasteiger partial charge in [-0.25, -0.2) is 5.06 Å². The van der Waals surface area contributed by atoms with E-state index < -0.39 is 0 Å². The quantitative estimate of drug-likeness (QED) is 0.764. The van der Waals surface area contributed by atoms with Crippen molar-refractivity contribution in [1.82, 2.24) is 5.06 Å². The molecule has 96 valence electrons. The lowest BCUT2D eigenvalue weighted by atomic mass is 10.00. The Morgan fingerprint density at radius 2 is 2.33 bits per heavy atom. The number of carbonyl (C=O) groups is 1. The molecule has 0 bridgehead atoms. The third-order valence-electron chi connectivity index (χ3n) is 3.87. The number of amides is 1. The molecule has 4 heteroatoms. The van der Waals surface area contributed by atoms with Gasteiger partial charge in [0.2, 0.25) is 5.91 Å². The number of fused-ring (bicyclic) bond motifs is 1. The van der Waals surface area contributed by atoms with E-state index in [9.17, 15) is 4.79 Å². The van der Waals surface area contributed by atoms with Crippen molar-refractivity contribution in [1.29, 1.82) is 0 Å². The van der Waals surface area contributed by atoms with E-state index in [1.165, 1.54) is 23.3 Å². The Kier molecular flexibility index (Phi) is 2.74. The third-order valence-corrected chi connectivity index (χ3v) is 3.87. The highest BCUT2D eigenvalue weighted by molar-refractivity contribution is 5.82. The Morgan fingerprint density at radius 3 is 3.11 bits per heavy atom. The summed E-state index contributed by atoms with van der Waals surface area (Å²) < 4.78 is 5.56. The molecule has 1 amide bonds. The minimum absolute atomic E-state index is 0.0685. The molecule has 1 aromatic carbocycles. The van der Waals surface area contributed by atoms with Gasteiger partial charge in [-0.05, 0) is 24.0 Å². The number of nitrogens with zero attached hydrogens (tertiary/aromatic N) is 1. The van der Waals surface area contributed by atoms with Crippen LogP contribution in [0, 0.1) is 5.92 Å². The monoisotopic (exact) mass is 247 g/mol. The number of hydroxylamine groups is 2. The van der Waals surface area contributed by atoms with Crippen LogP contribution in [0.5, 0.6) is 5.75 Å². The standard InChI is InChI=1S/C14H17NO3/c1-15(17-2)14(16)12-8-11(12)9-4-3-5-13-10(9)6-7-18-13/h3-5,11-12H,6-8H2,1-2H3. The third kappa shape index (κ3) is 1.77. The molecule has 1 aliphatic carbocycles. The number of ether oxygens (including phenoxy) is 1. The first-order chi connectivity index (χ1) is 8.72. The van der Waals surface area contributed by atoms with Crippen LogP contribution in [-0.2, 0) is 16.1 Å². The Labute approximate surface area is 106 Å². The van der Waals surface area contributed by atoms with Crippen molar-refractivity contribution in [2.24, 2.45) is 5.92 Å². The summed E-state index contributed by atoms with van der Waals surface area (Å²) in [6.45, 7) is 0.760. The van der Waals surface area contributed by atoms with Crippen molar-refractivity contribution < 1.29 is 14.4 Å². The zero-order valence-electron chi connectivity index (χ0n) is 10.7. The zero-order valence-corrected chi connectivity index (χ0v) is 10.7.